The predicted molar refractivity (Wildman–Crippen MR) is 103 cm³/mol. The van der Waals surface area contributed by atoms with E-state index in [1.807, 2.05) is 43.3 Å². The van der Waals surface area contributed by atoms with E-state index in [1.54, 1.807) is 6.26 Å². The molecule has 1 aromatic carbocycles. The summed E-state index contributed by atoms with van der Waals surface area (Å²) < 4.78 is 33.6. The number of sulfonamides is 1. The van der Waals surface area contributed by atoms with Crippen molar-refractivity contribution in [1.82, 2.24) is 9.62 Å². The SMILES string of the molecule is Cc1ccccc1CS(=O)(=O)NCC(c1ccco1)N1CCC(C)CC1. The maximum Gasteiger partial charge on any atom is 0.215 e. The standard InChI is InChI=1S/C20H28N2O3S/c1-16-9-11-22(12-10-16)19(20-8-5-13-25-20)14-21-26(23,24)15-18-7-4-3-6-17(18)2/h3-8,13,16,19,21H,9-12,14-15H2,1-2H3. The molecule has 26 heavy (non-hydrogen) atoms. The zero-order valence-electron chi connectivity index (χ0n) is 15.5. The number of benzene rings is 1. The highest BCUT2D eigenvalue weighted by molar-refractivity contribution is 7.88. The van der Waals surface area contributed by atoms with Gasteiger partial charge in [-0.3, -0.25) is 4.90 Å². The molecule has 1 unspecified atom stereocenters. The number of hydrogen-bond acceptors (Lipinski definition) is 4. The minimum Gasteiger partial charge on any atom is -0.468 e. The van der Waals surface area contributed by atoms with Crippen LogP contribution >= 0.6 is 0 Å². The summed E-state index contributed by atoms with van der Waals surface area (Å²) in [6.07, 6.45) is 3.91. The first kappa shape index (κ1) is 19.1. The van der Waals surface area contributed by atoms with Crippen molar-refractivity contribution >= 4 is 10.0 Å². The van der Waals surface area contributed by atoms with E-state index in [2.05, 4.69) is 16.5 Å². The first-order valence-electron chi connectivity index (χ1n) is 9.24. The molecular weight excluding hydrogens is 348 g/mol. The molecule has 6 heteroatoms. The average molecular weight is 377 g/mol. The molecule has 0 spiro atoms. The van der Waals surface area contributed by atoms with Crippen molar-refractivity contribution in [2.24, 2.45) is 5.92 Å². The highest BCUT2D eigenvalue weighted by Gasteiger charge is 2.27. The van der Waals surface area contributed by atoms with E-state index in [4.69, 9.17) is 4.42 Å². The van der Waals surface area contributed by atoms with Crippen molar-refractivity contribution in [3.05, 3.63) is 59.5 Å². The number of aryl methyl sites for hydroxylation is 1. The topological polar surface area (TPSA) is 62.6 Å². The average Bonchev–Trinajstić information content (AvgIpc) is 3.13. The Morgan fingerprint density at radius 3 is 2.58 bits per heavy atom. The van der Waals surface area contributed by atoms with Gasteiger partial charge in [0.1, 0.15) is 5.76 Å². The molecule has 1 saturated heterocycles. The van der Waals surface area contributed by atoms with E-state index in [0.29, 0.717) is 6.54 Å². The number of hydrogen-bond donors (Lipinski definition) is 1. The van der Waals surface area contributed by atoms with Gasteiger partial charge in [0.15, 0.2) is 0 Å². The van der Waals surface area contributed by atoms with Gasteiger partial charge in [0.05, 0.1) is 18.1 Å². The minimum atomic E-state index is -3.41. The van der Waals surface area contributed by atoms with Crippen molar-refractivity contribution in [3.8, 4) is 0 Å². The third-order valence-electron chi connectivity index (χ3n) is 5.23. The Morgan fingerprint density at radius 1 is 1.19 bits per heavy atom. The molecule has 3 rings (SSSR count). The third-order valence-corrected chi connectivity index (χ3v) is 6.53. The molecule has 0 aliphatic carbocycles. The van der Waals surface area contributed by atoms with Gasteiger partial charge in [-0.1, -0.05) is 31.2 Å². The molecule has 1 fully saturated rings. The maximum atomic E-state index is 12.6. The van der Waals surface area contributed by atoms with Crippen molar-refractivity contribution in [2.45, 2.75) is 38.5 Å². The monoisotopic (exact) mass is 376 g/mol. The zero-order chi connectivity index (χ0) is 18.6. The fraction of sp³-hybridized carbons (Fsp3) is 0.500. The van der Waals surface area contributed by atoms with Crippen LogP contribution in [-0.4, -0.2) is 33.0 Å². The molecule has 1 aliphatic heterocycles. The van der Waals surface area contributed by atoms with Gasteiger partial charge < -0.3 is 4.42 Å². The summed E-state index contributed by atoms with van der Waals surface area (Å²) in [6, 6.07) is 11.3. The summed E-state index contributed by atoms with van der Waals surface area (Å²) in [4.78, 5) is 2.33. The Hall–Kier alpha value is -1.63. The third kappa shape index (κ3) is 4.96. The number of nitrogens with one attached hydrogen (secondary N) is 1. The normalized spacial score (nSPS) is 18.1. The summed E-state index contributed by atoms with van der Waals surface area (Å²) >= 11 is 0. The number of furan rings is 1. The molecular formula is C20H28N2O3S. The molecule has 1 atom stereocenters. The van der Waals surface area contributed by atoms with Crippen LogP contribution < -0.4 is 4.72 Å². The van der Waals surface area contributed by atoms with Gasteiger partial charge >= 0.3 is 0 Å². The summed E-state index contributed by atoms with van der Waals surface area (Å²) in [5, 5.41) is 0. The zero-order valence-corrected chi connectivity index (χ0v) is 16.3. The second kappa shape index (κ2) is 8.37. The predicted octanol–water partition coefficient (Wildman–Crippen LogP) is 3.48. The maximum absolute atomic E-state index is 12.6. The fourth-order valence-corrected chi connectivity index (χ4v) is 4.71. The van der Waals surface area contributed by atoms with Gasteiger partial charge in [0.2, 0.25) is 10.0 Å². The van der Waals surface area contributed by atoms with Crippen LogP contribution in [0.25, 0.3) is 0 Å². The van der Waals surface area contributed by atoms with Crippen molar-refractivity contribution < 1.29 is 12.8 Å². The fourth-order valence-electron chi connectivity index (χ4n) is 3.46. The van der Waals surface area contributed by atoms with Crippen LogP contribution in [0.2, 0.25) is 0 Å². The lowest BCUT2D eigenvalue weighted by Crippen LogP contribution is -2.42. The van der Waals surface area contributed by atoms with E-state index in [9.17, 15) is 8.42 Å². The number of likely N-dealkylation sites (tertiary alicyclic amines) is 1. The molecule has 1 aromatic heterocycles. The van der Waals surface area contributed by atoms with Crippen molar-refractivity contribution in [2.75, 3.05) is 19.6 Å². The van der Waals surface area contributed by atoms with Gasteiger partial charge in [-0.15, -0.1) is 0 Å². The first-order valence-corrected chi connectivity index (χ1v) is 10.9. The molecule has 0 amide bonds. The molecule has 0 bridgehead atoms. The lowest BCUT2D eigenvalue weighted by molar-refractivity contribution is 0.125. The molecule has 0 saturated carbocycles. The smallest absolute Gasteiger partial charge is 0.215 e. The molecule has 1 N–H and O–H groups in total. The largest absolute Gasteiger partial charge is 0.468 e. The molecule has 1 aliphatic rings. The Kier molecular flexibility index (Phi) is 6.16. The first-order chi connectivity index (χ1) is 12.4. The van der Waals surface area contributed by atoms with Gasteiger partial charge in [-0.05, 0) is 62.0 Å². The highest BCUT2D eigenvalue weighted by atomic mass is 32.2. The van der Waals surface area contributed by atoms with Crippen LogP contribution in [0.5, 0.6) is 0 Å². The molecule has 142 valence electrons. The van der Waals surface area contributed by atoms with E-state index in [0.717, 1.165) is 48.7 Å². The van der Waals surface area contributed by atoms with E-state index >= 15 is 0 Å². The van der Waals surface area contributed by atoms with Crippen molar-refractivity contribution in [1.29, 1.82) is 0 Å². The quantitative estimate of drug-likeness (QED) is 0.804. The van der Waals surface area contributed by atoms with Crippen LogP contribution in [0.1, 0.15) is 42.7 Å². The highest BCUT2D eigenvalue weighted by Crippen LogP contribution is 2.27. The Morgan fingerprint density at radius 2 is 1.92 bits per heavy atom. The van der Waals surface area contributed by atoms with Crippen LogP contribution in [-0.2, 0) is 15.8 Å². The lowest BCUT2D eigenvalue weighted by atomic mass is 9.97. The lowest BCUT2D eigenvalue weighted by Gasteiger charge is -2.35. The summed E-state index contributed by atoms with van der Waals surface area (Å²) in [5.74, 6) is 1.54. The number of piperidine rings is 1. The van der Waals surface area contributed by atoms with Crippen LogP contribution in [0.4, 0.5) is 0 Å². The van der Waals surface area contributed by atoms with E-state index in [1.165, 1.54) is 0 Å². The van der Waals surface area contributed by atoms with E-state index in [-0.39, 0.29) is 11.8 Å². The van der Waals surface area contributed by atoms with Crippen LogP contribution in [0, 0.1) is 12.8 Å². The summed E-state index contributed by atoms with van der Waals surface area (Å²) in [5.41, 5.74) is 1.83. The molecule has 5 nitrogen and oxygen atoms in total. The molecule has 0 radical (unpaired) electrons. The Balaban J connectivity index is 1.68. The van der Waals surface area contributed by atoms with Gasteiger partial charge in [-0.25, -0.2) is 13.1 Å². The molecule has 2 heterocycles. The van der Waals surface area contributed by atoms with Crippen LogP contribution in [0.3, 0.4) is 0 Å². The number of nitrogens with zero attached hydrogens (tertiary/aromatic N) is 1. The van der Waals surface area contributed by atoms with Gasteiger partial charge in [0, 0.05) is 6.54 Å². The summed E-state index contributed by atoms with van der Waals surface area (Å²) in [7, 11) is -3.41. The second-order valence-electron chi connectivity index (χ2n) is 7.28. The van der Waals surface area contributed by atoms with Crippen molar-refractivity contribution in [3.63, 3.8) is 0 Å². The van der Waals surface area contributed by atoms with Crippen LogP contribution in [0.15, 0.2) is 47.1 Å². The Labute approximate surface area is 156 Å². The second-order valence-corrected chi connectivity index (χ2v) is 9.09. The number of rotatable bonds is 7. The van der Waals surface area contributed by atoms with Gasteiger partial charge in [-0.2, -0.15) is 0 Å². The minimum absolute atomic E-state index is 0.00157. The molecule has 2 aromatic rings. The Bertz CT molecular complexity index is 794. The van der Waals surface area contributed by atoms with E-state index < -0.39 is 10.0 Å². The summed E-state index contributed by atoms with van der Waals surface area (Å²) in [6.45, 7) is 6.46. The van der Waals surface area contributed by atoms with Gasteiger partial charge in [0.25, 0.3) is 0 Å².